The van der Waals surface area contributed by atoms with Gasteiger partial charge in [-0.25, -0.2) is 0 Å². The zero-order valence-electron chi connectivity index (χ0n) is 7.70. The molecule has 0 saturated heterocycles. The molecule has 1 rings (SSSR count). The SMILES string of the molecule is COC(=O)CSCc1occc1C. The Bertz CT molecular complexity index is 280. The lowest BCUT2D eigenvalue weighted by Gasteiger charge is -1.98. The van der Waals surface area contributed by atoms with E-state index in [0.29, 0.717) is 11.5 Å². The van der Waals surface area contributed by atoms with Crippen molar-refractivity contribution < 1.29 is 13.9 Å². The van der Waals surface area contributed by atoms with Gasteiger partial charge in [-0.1, -0.05) is 0 Å². The van der Waals surface area contributed by atoms with Crippen LogP contribution < -0.4 is 0 Å². The lowest BCUT2D eigenvalue weighted by Crippen LogP contribution is -2.03. The average Bonchev–Trinajstić information content (AvgIpc) is 2.52. The molecule has 0 N–H and O–H groups in total. The Hall–Kier alpha value is -0.900. The first-order valence-corrected chi connectivity index (χ1v) is 5.07. The van der Waals surface area contributed by atoms with Gasteiger partial charge in [-0.05, 0) is 18.6 Å². The molecule has 0 atom stereocenters. The maximum atomic E-state index is 10.8. The molecule has 0 amide bonds. The van der Waals surface area contributed by atoms with Crippen LogP contribution in [0, 0.1) is 6.92 Å². The van der Waals surface area contributed by atoms with E-state index >= 15 is 0 Å². The van der Waals surface area contributed by atoms with Gasteiger partial charge in [-0.2, -0.15) is 0 Å². The van der Waals surface area contributed by atoms with Gasteiger partial charge in [0.05, 0.1) is 24.9 Å². The molecule has 0 aliphatic carbocycles. The first-order valence-electron chi connectivity index (χ1n) is 3.91. The number of carbonyl (C=O) groups excluding carboxylic acids is 1. The normalized spacial score (nSPS) is 10.0. The molecular weight excluding hydrogens is 188 g/mol. The van der Waals surface area contributed by atoms with Crippen LogP contribution >= 0.6 is 11.8 Å². The molecule has 0 saturated carbocycles. The highest BCUT2D eigenvalue weighted by molar-refractivity contribution is 7.99. The van der Waals surface area contributed by atoms with E-state index in [4.69, 9.17) is 4.42 Å². The van der Waals surface area contributed by atoms with Crippen LogP contribution in [0.2, 0.25) is 0 Å². The summed E-state index contributed by atoms with van der Waals surface area (Å²) in [6, 6.07) is 1.91. The van der Waals surface area contributed by atoms with E-state index in [2.05, 4.69) is 4.74 Å². The summed E-state index contributed by atoms with van der Waals surface area (Å²) in [5, 5.41) is 0. The first kappa shape index (κ1) is 10.2. The Morgan fingerprint density at radius 3 is 3.00 bits per heavy atom. The fourth-order valence-electron chi connectivity index (χ4n) is 0.838. The number of thioether (sulfide) groups is 1. The number of carbonyl (C=O) groups is 1. The number of hydrogen-bond acceptors (Lipinski definition) is 4. The lowest BCUT2D eigenvalue weighted by molar-refractivity contribution is -0.137. The summed E-state index contributed by atoms with van der Waals surface area (Å²) in [6.45, 7) is 1.98. The number of hydrogen-bond donors (Lipinski definition) is 0. The number of esters is 1. The van der Waals surface area contributed by atoms with Crippen molar-refractivity contribution in [1.29, 1.82) is 0 Å². The molecule has 0 bridgehead atoms. The standard InChI is InChI=1S/C9H12O3S/c1-7-3-4-12-8(7)5-13-6-9(10)11-2/h3-4H,5-6H2,1-2H3. The molecule has 13 heavy (non-hydrogen) atoms. The number of rotatable bonds is 4. The largest absolute Gasteiger partial charge is 0.468 e. The Kier molecular flexibility index (Phi) is 3.89. The molecule has 0 spiro atoms. The average molecular weight is 200 g/mol. The maximum absolute atomic E-state index is 10.8. The minimum Gasteiger partial charge on any atom is -0.468 e. The van der Waals surface area contributed by atoms with Crippen LogP contribution in [0.15, 0.2) is 16.7 Å². The molecule has 4 heteroatoms. The Balaban J connectivity index is 2.28. The van der Waals surface area contributed by atoms with Crippen LogP contribution in [-0.2, 0) is 15.3 Å². The van der Waals surface area contributed by atoms with E-state index in [0.717, 1.165) is 11.3 Å². The summed E-state index contributed by atoms with van der Waals surface area (Å²) in [6.07, 6.45) is 1.66. The predicted octanol–water partition coefficient (Wildman–Crippen LogP) is 1.99. The molecular formula is C9H12O3S. The first-order chi connectivity index (χ1) is 6.24. The summed E-state index contributed by atoms with van der Waals surface area (Å²) >= 11 is 1.49. The van der Waals surface area contributed by atoms with Gasteiger partial charge in [0.15, 0.2) is 0 Å². The molecule has 72 valence electrons. The molecule has 1 heterocycles. The van der Waals surface area contributed by atoms with Gasteiger partial charge in [-0.15, -0.1) is 11.8 Å². The summed E-state index contributed by atoms with van der Waals surface area (Å²) in [4.78, 5) is 10.8. The summed E-state index contributed by atoms with van der Waals surface area (Å²) < 4.78 is 9.72. The van der Waals surface area contributed by atoms with Gasteiger partial charge < -0.3 is 9.15 Å². The molecule has 0 aliphatic heterocycles. The third-order valence-corrected chi connectivity index (χ3v) is 2.56. The molecule has 1 aromatic heterocycles. The van der Waals surface area contributed by atoms with E-state index in [-0.39, 0.29) is 5.97 Å². The van der Waals surface area contributed by atoms with Crippen molar-refractivity contribution in [1.82, 2.24) is 0 Å². The number of ether oxygens (including phenoxy) is 1. The number of methoxy groups -OCH3 is 1. The summed E-state index contributed by atoms with van der Waals surface area (Å²) in [5.41, 5.74) is 1.12. The fraction of sp³-hybridized carbons (Fsp3) is 0.444. The van der Waals surface area contributed by atoms with Gasteiger partial charge in [0.25, 0.3) is 0 Å². The monoisotopic (exact) mass is 200 g/mol. The van der Waals surface area contributed by atoms with Crippen molar-refractivity contribution in [2.75, 3.05) is 12.9 Å². The quantitative estimate of drug-likeness (QED) is 0.697. The second-order valence-electron chi connectivity index (χ2n) is 2.60. The molecule has 0 fully saturated rings. The minimum absolute atomic E-state index is 0.200. The third-order valence-electron chi connectivity index (χ3n) is 1.65. The summed E-state index contributed by atoms with van der Waals surface area (Å²) in [7, 11) is 1.39. The lowest BCUT2D eigenvalue weighted by atomic mass is 10.3. The highest BCUT2D eigenvalue weighted by Crippen LogP contribution is 2.16. The molecule has 1 aromatic rings. The van der Waals surface area contributed by atoms with Gasteiger partial charge >= 0.3 is 5.97 Å². The fourth-order valence-corrected chi connectivity index (χ4v) is 1.71. The zero-order valence-corrected chi connectivity index (χ0v) is 8.52. The molecule has 3 nitrogen and oxygen atoms in total. The van der Waals surface area contributed by atoms with Crippen molar-refractivity contribution >= 4 is 17.7 Å². The Morgan fingerprint density at radius 1 is 1.69 bits per heavy atom. The zero-order chi connectivity index (χ0) is 9.68. The maximum Gasteiger partial charge on any atom is 0.315 e. The highest BCUT2D eigenvalue weighted by atomic mass is 32.2. The van der Waals surface area contributed by atoms with Crippen molar-refractivity contribution in [3.05, 3.63) is 23.7 Å². The van der Waals surface area contributed by atoms with Crippen LogP contribution in [0.5, 0.6) is 0 Å². The smallest absolute Gasteiger partial charge is 0.315 e. The Morgan fingerprint density at radius 2 is 2.46 bits per heavy atom. The third kappa shape index (κ3) is 3.14. The molecule has 0 aliphatic rings. The van der Waals surface area contributed by atoms with Gasteiger partial charge in [-0.3, -0.25) is 4.79 Å². The van der Waals surface area contributed by atoms with Crippen molar-refractivity contribution in [2.45, 2.75) is 12.7 Å². The van der Waals surface area contributed by atoms with Gasteiger partial charge in [0, 0.05) is 0 Å². The highest BCUT2D eigenvalue weighted by Gasteiger charge is 2.04. The summed E-state index contributed by atoms with van der Waals surface area (Å²) in [5.74, 6) is 1.81. The van der Waals surface area contributed by atoms with E-state index < -0.39 is 0 Å². The van der Waals surface area contributed by atoms with Crippen LogP contribution in [0.25, 0.3) is 0 Å². The van der Waals surface area contributed by atoms with Crippen molar-refractivity contribution in [3.8, 4) is 0 Å². The molecule has 0 aromatic carbocycles. The minimum atomic E-state index is -0.200. The van der Waals surface area contributed by atoms with Crippen molar-refractivity contribution in [3.63, 3.8) is 0 Å². The predicted molar refractivity (Wildman–Crippen MR) is 51.6 cm³/mol. The number of aryl methyl sites for hydroxylation is 1. The topological polar surface area (TPSA) is 39.4 Å². The van der Waals surface area contributed by atoms with Crippen LogP contribution in [0.1, 0.15) is 11.3 Å². The van der Waals surface area contributed by atoms with E-state index in [9.17, 15) is 4.79 Å². The van der Waals surface area contributed by atoms with E-state index in [1.165, 1.54) is 18.9 Å². The second kappa shape index (κ2) is 4.97. The molecule has 0 radical (unpaired) electrons. The van der Waals surface area contributed by atoms with E-state index in [1.807, 2.05) is 13.0 Å². The van der Waals surface area contributed by atoms with E-state index in [1.54, 1.807) is 6.26 Å². The second-order valence-corrected chi connectivity index (χ2v) is 3.58. The Labute approximate surface area is 81.4 Å². The van der Waals surface area contributed by atoms with Crippen LogP contribution in [0.4, 0.5) is 0 Å². The van der Waals surface area contributed by atoms with Crippen LogP contribution in [0.3, 0.4) is 0 Å². The van der Waals surface area contributed by atoms with Crippen molar-refractivity contribution in [2.24, 2.45) is 0 Å². The molecule has 0 unspecified atom stereocenters. The number of furan rings is 1. The van der Waals surface area contributed by atoms with Gasteiger partial charge in [0.2, 0.25) is 0 Å². The van der Waals surface area contributed by atoms with Gasteiger partial charge in [0.1, 0.15) is 5.76 Å². The van der Waals surface area contributed by atoms with Crippen LogP contribution in [-0.4, -0.2) is 18.8 Å².